The van der Waals surface area contributed by atoms with Crippen LogP contribution in [0.1, 0.15) is 13.8 Å². The second-order valence-corrected chi connectivity index (χ2v) is 4.54. The van der Waals surface area contributed by atoms with E-state index in [4.69, 9.17) is 5.11 Å². The molecule has 5 heteroatoms. The van der Waals surface area contributed by atoms with Crippen molar-refractivity contribution in [2.45, 2.75) is 26.0 Å². The molecule has 0 bridgehead atoms. The van der Waals surface area contributed by atoms with Crippen molar-refractivity contribution >= 4 is 5.91 Å². The lowest BCUT2D eigenvalue weighted by molar-refractivity contribution is -0.131. The van der Waals surface area contributed by atoms with Gasteiger partial charge in [0, 0.05) is 26.7 Å². The molecule has 0 aliphatic carbocycles. The highest BCUT2D eigenvalue weighted by Gasteiger charge is 2.16. The van der Waals surface area contributed by atoms with Crippen LogP contribution in [0.5, 0.6) is 0 Å². The predicted molar refractivity (Wildman–Crippen MR) is 65.3 cm³/mol. The van der Waals surface area contributed by atoms with Crippen molar-refractivity contribution in [3.63, 3.8) is 0 Å². The molecule has 0 spiro atoms. The van der Waals surface area contributed by atoms with Crippen LogP contribution in [0.4, 0.5) is 0 Å². The largest absolute Gasteiger partial charge is 0.392 e. The molecular formula is C11H25N3O2. The van der Waals surface area contributed by atoms with Gasteiger partial charge in [-0.1, -0.05) is 0 Å². The Morgan fingerprint density at radius 3 is 2.25 bits per heavy atom. The van der Waals surface area contributed by atoms with Crippen molar-refractivity contribution in [2.75, 3.05) is 40.8 Å². The van der Waals surface area contributed by atoms with Crippen LogP contribution in [0.3, 0.4) is 0 Å². The van der Waals surface area contributed by atoms with Crippen LogP contribution in [-0.4, -0.2) is 73.7 Å². The second-order valence-electron chi connectivity index (χ2n) is 4.54. The standard InChI is InChI=1S/C11H25N3O2/c1-9(15)8-12-10(2)11(16)14(5)7-6-13(3)4/h9-10,12,15H,6-8H2,1-5H3. The average Bonchev–Trinajstić information content (AvgIpc) is 2.21. The first-order valence-corrected chi connectivity index (χ1v) is 5.65. The van der Waals surface area contributed by atoms with E-state index in [0.29, 0.717) is 13.1 Å². The van der Waals surface area contributed by atoms with Crippen molar-refractivity contribution in [1.82, 2.24) is 15.1 Å². The number of aliphatic hydroxyl groups excluding tert-OH is 1. The van der Waals surface area contributed by atoms with E-state index in [1.807, 2.05) is 25.9 Å². The number of nitrogens with one attached hydrogen (secondary N) is 1. The first-order chi connectivity index (χ1) is 7.34. The number of hydrogen-bond donors (Lipinski definition) is 2. The van der Waals surface area contributed by atoms with E-state index < -0.39 is 6.10 Å². The molecule has 5 nitrogen and oxygen atoms in total. The summed E-state index contributed by atoms with van der Waals surface area (Å²) in [4.78, 5) is 15.6. The summed E-state index contributed by atoms with van der Waals surface area (Å²) in [6, 6.07) is -0.248. The molecule has 0 aromatic carbocycles. The maximum Gasteiger partial charge on any atom is 0.239 e. The summed E-state index contributed by atoms with van der Waals surface area (Å²) in [5.41, 5.74) is 0. The van der Waals surface area contributed by atoms with E-state index in [1.54, 1.807) is 18.9 Å². The molecule has 0 aromatic rings. The Kier molecular flexibility index (Phi) is 7.29. The molecule has 0 heterocycles. The fourth-order valence-corrected chi connectivity index (χ4v) is 1.23. The van der Waals surface area contributed by atoms with Crippen molar-refractivity contribution in [3.05, 3.63) is 0 Å². The molecule has 2 N–H and O–H groups in total. The SMILES string of the molecule is CC(O)CNC(C)C(=O)N(C)CCN(C)C. The molecule has 96 valence electrons. The zero-order valence-corrected chi connectivity index (χ0v) is 11.0. The van der Waals surface area contributed by atoms with E-state index in [0.717, 1.165) is 6.54 Å². The normalized spacial score (nSPS) is 14.9. The molecule has 0 saturated heterocycles. The molecule has 1 amide bonds. The zero-order chi connectivity index (χ0) is 12.7. The summed E-state index contributed by atoms with van der Waals surface area (Å²) in [5, 5.41) is 12.1. The monoisotopic (exact) mass is 231 g/mol. The van der Waals surface area contributed by atoms with Crippen LogP contribution in [0, 0.1) is 0 Å². The maximum atomic E-state index is 11.8. The summed E-state index contributed by atoms with van der Waals surface area (Å²) in [7, 11) is 5.76. The number of carbonyl (C=O) groups is 1. The van der Waals surface area contributed by atoms with Gasteiger partial charge in [-0.3, -0.25) is 4.79 Å². The number of amides is 1. The second kappa shape index (κ2) is 7.60. The van der Waals surface area contributed by atoms with Gasteiger partial charge in [-0.25, -0.2) is 0 Å². The van der Waals surface area contributed by atoms with Gasteiger partial charge in [0.05, 0.1) is 12.1 Å². The summed E-state index contributed by atoms with van der Waals surface area (Å²) < 4.78 is 0. The molecule has 2 atom stereocenters. The molecule has 0 aliphatic rings. The molecular weight excluding hydrogens is 206 g/mol. The molecule has 0 fully saturated rings. The lowest BCUT2D eigenvalue weighted by atomic mass is 10.2. The third kappa shape index (κ3) is 6.76. The van der Waals surface area contributed by atoms with Gasteiger partial charge >= 0.3 is 0 Å². The number of rotatable bonds is 7. The van der Waals surface area contributed by atoms with Gasteiger partial charge in [0.2, 0.25) is 5.91 Å². The lowest BCUT2D eigenvalue weighted by Gasteiger charge is -2.24. The Morgan fingerprint density at radius 1 is 1.25 bits per heavy atom. The fourth-order valence-electron chi connectivity index (χ4n) is 1.23. The van der Waals surface area contributed by atoms with Gasteiger partial charge in [0.15, 0.2) is 0 Å². The number of hydrogen-bond acceptors (Lipinski definition) is 4. The van der Waals surface area contributed by atoms with Crippen LogP contribution in [0.2, 0.25) is 0 Å². The minimum absolute atomic E-state index is 0.0579. The third-order valence-corrected chi connectivity index (χ3v) is 2.35. The zero-order valence-electron chi connectivity index (χ0n) is 11.0. The Labute approximate surface area is 98.4 Å². The summed E-state index contributed by atoms with van der Waals surface area (Å²) in [5.74, 6) is 0.0579. The van der Waals surface area contributed by atoms with E-state index >= 15 is 0 Å². The minimum Gasteiger partial charge on any atom is -0.392 e. The fraction of sp³-hybridized carbons (Fsp3) is 0.909. The first-order valence-electron chi connectivity index (χ1n) is 5.65. The van der Waals surface area contributed by atoms with Crippen LogP contribution < -0.4 is 5.32 Å². The lowest BCUT2D eigenvalue weighted by Crippen LogP contribution is -2.46. The summed E-state index contributed by atoms with van der Waals surface area (Å²) >= 11 is 0. The average molecular weight is 231 g/mol. The molecule has 0 saturated carbocycles. The summed E-state index contributed by atoms with van der Waals surface area (Å²) in [6.07, 6.45) is -0.428. The Bertz CT molecular complexity index is 187. The molecule has 16 heavy (non-hydrogen) atoms. The van der Waals surface area contributed by atoms with E-state index in [9.17, 15) is 4.79 Å². The maximum absolute atomic E-state index is 11.8. The Morgan fingerprint density at radius 2 is 1.81 bits per heavy atom. The van der Waals surface area contributed by atoms with Gasteiger partial charge in [-0.15, -0.1) is 0 Å². The molecule has 0 radical (unpaired) electrons. The van der Waals surface area contributed by atoms with Gasteiger partial charge in [-0.05, 0) is 27.9 Å². The number of nitrogens with zero attached hydrogens (tertiary/aromatic N) is 2. The highest BCUT2D eigenvalue weighted by Crippen LogP contribution is 1.93. The van der Waals surface area contributed by atoms with Crippen LogP contribution in [0.15, 0.2) is 0 Å². The topological polar surface area (TPSA) is 55.8 Å². The third-order valence-electron chi connectivity index (χ3n) is 2.35. The van der Waals surface area contributed by atoms with Crippen molar-refractivity contribution in [3.8, 4) is 0 Å². The van der Waals surface area contributed by atoms with Crippen LogP contribution in [-0.2, 0) is 4.79 Å². The van der Waals surface area contributed by atoms with Gasteiger partial charge in [0.25, 0.3) is 0 Å². The van der Waals surface area contributed by atoms with Crippen molar-refractivity contribution < 1.29 is 9.90 Å². The Balaban J connectivity index is 3.91. The van der Waals surface area contributed by atoms with Gasteiger partial charge in [-0.2, -0.15) is 0 Å². The number of likely N-dealkylation sites (N-methyl/N-ethyl adjacent to an activating group) is 2. The number of aliphatic hydroxyl groups is 1. The van der Waals surface area contributed by atoms with Crippen LogP contribution >= 0.6 is 0 Å². The highest BCUT2D eigenvalue weighted by atomic mass is 16.3. The van der Waals surface area contributed by atoms with Gasteiger partial charge < -0.3 is 20.2 Å². The van der Waals surface area contributed by atoms with E-state index in [1.165, 1.54) is 0 Å². The van der Waals surface area contributed by atoms with E-state index in [2.05, 4.69) is 5.32 Å². The molecule has 0 rings (SSSR count). The van der Waals surface area contributed by atoms with Crippen LogP contribution in [0.25, 0.3) is 0 Å². The molecule has 0 aromatic heterocycles. The molecule has 0 aliphatic heterocycles. The highest BCUT2D eigenvalue weighted by molar-refractivity contribution is 5.81. The minimum atomic E-state index is -0.428. The quantitative estimate of drug-likeness (QED) is 0.612. The first kappa shape index (κ1) is 15.3. The van der Waals surface area contributed by atoms with E-state index in [-0.39, 0.29) is 11.9 Å². The smallest absolute Gasteiger partial charge is 0.239 e. The Hall–Kier alpha value is -0.650. The predicted octanol–water partition coefficient (Wildman–Crippen LogP) is -0.635. The van der Waals surface area contributed by atoms with Gasteiger partial charge in [0.1, 0.15) is 0 Å². The van der Waals surface area contributed by atoms with Crippen molar-refractivity contribution in [2.24, 2.45) is 0 Å². The molecule has 2 unspecified atom stereocenters. The summed E-state index contributed by atoms with van der Waals surface area (Å²) in [6.45, 7) is 5.52. The number of carbonyl (C=O) groups excluding carboxylic acids is 1. The van der Waals surface area contributed by atoms with Crippen molar-refractivity contribution in [1.29, 1.82) is 0 Å².